The van der Waals surface area contributed by atoms with Crippen LogP contribution < -0.4 is 0 Å². The molecule has 102 valence electrons. The molecule has 0 radical (unpaired) electrons. The molecule has 1 unspecified atom stereocenters. The van der Waals surface area contributed by atoms with E-state index in [9.17, 15) is 5.11 Å². The number of aliphatic hydroxyl groups is 1. The first-order valence-corrected chi connectivity index (χ1v) is 6.98. The molecule has 0 saturated carbocycles. The summed E-state index contributed by atoms with van der Waals surface area (Å²) in [6.45, 7) is 0. The summed E-state index contributed by atoms with van der Waals surface area (Å²) >= 11 is 0. The van der Waals surface area contributed by atoms with E-state index in [-0.39, 0.29) is 0 Å². The van der Waals surface area contributed by atoms with Gasteiger partial charge in [0.15, 0.2) is 0 Å². The minimum absolute atomic E-state index is 0.745. The quantitative estimate of drug-likeness (QED) is 0.836. The van der Waals surface area contributed by atoms with Crippen LogP contribution in [0.5, 0.6) is 0 Å². The third-order valence-electron chi connectivity index (χ3n) is 3.74. The van der Waals surface area contributed by atoms with Crippen molar-refractivity contribution in [2.45, 2.75) is 24.9 Å². The van der Waals surface area contributed by atoms with Crippen LogP contribution in [0.2, 0.25) is 0 Å². The fourth-order valence-electron chi connectivity index (χ4n) is 2.61. The summed E-state index contributed by atoms with van der Waals surface area (Å²) in [4.78, 5) is 0. The van der Waals surface area contributed by atoms with Crippen LogP contribution in [-0.2, 0) is 5.60 Å². The predicted octanol–water partition coefficient (Wildman–Crippen LogP) is 4.38. The first-order chi connectivity index (χ1) is 9.78. The third-order valence-corrected chi connectivity index (χ3v) is 3.74. The highest BCUT2D eigenvalue weighted by molar-refractivity contribution is 5.71. The number of allylic oxidation sites excluding steroid dienone is 1. The Hall–Kier alpha value is -2.06. The van der Waals surface area contributed by atoms with Crippen LogP contribution in [0.25, 0.3) is 12.2 Å². The van der Waals surface area contributed by atoms with Crippen molar-refractivity contribution in [1.82, 2.24) is 0 Å². The second-order valence-corrected chi connectivity index (χ2v) is 5.20. The molecule has 1 heterocycles. The largest absolute Gasteiger partial charge is 0.472 e. The minimum atomic E-state index is -0.887. The number of rotatable bonds is 3. The molecule has 3 rings (SSSR count). The Balaban J connectivity index is 1.89. The zero-order valence-corrected chi connectivity index (χ0v) is 11.3. The Morgan fingerprint density at radius 2 is 1.95 bits per heavy atom. The lowest BCUT2D eigenvalue weighted by atomic mass is 9.84. The molecule has 1 aliphatic carbocycles. The summed E-state index contributed by atoms with van der Waals surface area (Å²) in [7, 11) is 0. The van der Waals surface area contributed by atoms with Gasteiger partial charge in [0.1, 0.15) is 5.60 Å². The van der Waals surface area contributed by atoms with Gasteiger partial charge in [-0.15, -0.1) is 0 Å². The Kier molecular flexibility index (Phi) is 3.57. The molecule has 0 fully saturated rings. The van der Waals surface area contributed by atoms with E-state index in [4.69, 9.17) is 4.42 Å². The average Bonchev–Trinajstić information content (AvgIpc) is 2.96. The van der Waals surface area contributed by atoms with Crippen LogP contribution >= 0.6 is 0 Å². The monoisotopic (exact) mass is 266 g/mol. The van der Waals surface area contributed by atoms with E-state index in [2.05, 4.69) is 0 Å². The molecule has 2 aromatic rings. The standard InChI is InChI=1S/C18H18O2/c19-18(11-5-2-6-12-18)17-14-20-13-16(17)10-9-15-7-3-1-4-8-15/h1,3-5,7-11,13-14,19H,2,6,12H2/b10-9+. The van der Waals surface area contributed by atoms with Crippen LogP contribution in [0.4, 0.5) is 0 Å². The lowest BCUT2D eigenvalue weighted by Crippen LogP contribution is -2.24. The Morgan fingerprint density at radius 1 is 1.10 bits per heavy atom. The fraction of sp³-hybridized carbons (Fsp3) is 0.222. The molecule has 20 heavy (non-hydrogen) atoms. The molecule has 1 aromatic heterocycles. The first kappa shape index (κ1) is 12.9. The van der Waals surface area contributed by atoms with Gasteiger partial charge in [-0.25, -0.2) is 0 Å². The number of benzene rings is 1. The van der Waals surface area contributed by atoms with Gasteiger partial charge in [-0.1, -0.05) is 54.6 Å². The molecule has 1 N–H and O–H groups in total. The van der Waals surface area contributed by atoms with E-state index in [1.54, 1.807) is 12.5 Å². The molecule has 1 atom stereocenters. The molecule has 0 spiro atoms. The van der Waals surface area contributed by atoms with Gasteiger partial charge in [-0.3, -0.25) is 0 Å². The van der Waals surface area contributed by atoms with Crippen molar-refractivity contribution in [3.05, 3.63) is 71.7 Å². The first-order valence-electron chi connectivity index (χ1n) is 6.98. The summed E-state index contributed by atoms with van der Waals surface area (Å²) in [6, 6.07) is 10.1. The summed E-state index contributed by atoms with van der Waals surface area (Å²) < 4.78 is 5.31. The maximum atomic E-state index is 10.7. The van der Waals surface area contributed by atoms with Gasteiger partial charge in [-0.05, 0) is 24.8 Å². The fourth-order valence-corrected chi connectivity index (χ4v) is 2.61. The van der Waals surface area contributed by atoms with E-state index < -0.39 is 5.60 Å². The van der Waals surface area contributed by atoms with Crippen LogP contribution in [0, 0.1) is 0 Å². The van der Waals surface area contributed by atoms with Gasteiger partial charge >= 0.3 is 0 Å². The highest BCUT2D eigenvalue weighted by Crippen LogP contribution is 2.35. The Morgan fingerprint density at radius 3 is 2.70 bits per heavy atom. The molecule has 2 nitrogen and oxygen atoms in total. The van der Waals surface area contributed by atoms with Gasteiger partial charge < -0.3 is 9.52 Å². The van der Waals surface area contributed by atoms with Crippen molar-refractivity contribution in [2.24, 2.45) is 0 Å². The lowest BCUT2D eigenvalue weighted by Gasteiger charge is -2.27. The summed E-state index contributed by atoms with van der Waals surface area (Å²) in [5.41, 5.74) is 2.02. The smallest absolute Gasteiger partial charge is 0.111 e. The summed E-state index contributed by atoms with van der Waals surface area (Å²) in [5.74, 6) is 0. The van der Waals surface area contributed by atoms with Crippen LogP contribution in [0.3, 0.4) is 0 Å². The van der Waals surface area contributed by atoms with Crippen molar-refractivity contribution in [1.29, 1.82) is 0 Å². The van der Waals surface area contributed by atoms with E-state index in [0.29, 0.717) is 0 Å². The van der Waals surface area contributed by atoms with E-state index in [0.717, 1.165) is 36.0 Å². The zero-order chi connectivity index (χ0) is 13.8. The van der Waals surface area contributed by atoms with Gasteiger partial charge in [0, 0.05) is 11.1 Å². The molecule has 0 amide bonds. The van der Waals surface area contributed by atoms with Crippen LogP contribution in [-0.4, -0.2) is 5.11 Å². The lowest BCUT2D eigenvalue weighted by molar-refractivity contribution is 0.0718. The van der Waals surface area contributed by atoms with Gasteiger partial charge in [0.25, 0.3) is 0 Å². The summed E-state index contributed by atoms with van der Waals surface area (Å²) in [5, 5.41) is 10.7. The minimum Gasteiger partial charge on any atom is -0.472 e. The van der Waals surface area contributed by atoms with E-state index in [1.807, 2.05) is 54.6 Å². The second-order valence-electron chi connectivity index (χ2n) is 5.20. The van der Waals surface area contributed by atoms with Crippen molar-refractivity contribution < 1.29 is 9.52 Å². The number of hydrogen-bond donors (Lipinski definition) is 1. The predicted molar refractivity (Wildman–Crippen MR) is 81.0 cm³/mol. The molecule has 2 heteroatoms. The van der Waals surface area contributed by atoms with Crippen molar-refractivity contribution >= 4 is 12.2 Å². The maximum absolute atomic E-state index is 10.7. The van der Waals surface area contributed by atoms with Gasteiger partial charge in [0.05, 0.1) is 12.5 Å². The maximum Gasteiger partial charge on any atom is 0.111 e. The Bertz CT molecular complexity index is 622. The van der Waals surface area contributed by atoms with Crippen molar-refractivity contribution in [3.8, 4) is 0 Å². The summed E-state index contributed by atoms with van der Waals surface area (Å²) in [6.07, 6.45) is 14.1. The number of hydrogen-bond acceptors (Lipinski definition) is 2. The van der Waals surface area contributed by atoms with E-state index in [1.165, 1.54) is 0 Å². The molecule has 0 saturated heterocycles. The van der Waals surface area contributed by atoms with Crippen molar-refractivity contribution in [3.63, 3.8) is 0 Å². The second kappa shape index (κ2) is 5.51. The zero-order valence-electron chi connectivity index (χ0n) is 11.3. The van der Waals surface area contributed by atoms with Crippen LogP contribution in [0.1, 0.15) is 36.0 Å². The highest BCUT2D eigenvalue weighted by atomic mass is 16.3. The molecular weight excluding hydrogens is 248 g/mol. The van der Waals surface area contributed by atoms with Gasteiger partial charge in [0.2, 0.25) is 0 Å². The van der Waals surface area contributed by atoms with Crippen molar-refractivity contribution in [2.75, 3.05) is 0 Å². The highest BCUT2D eigenvalue weighted by Gasteiger charge is 2.30. The molecule has 0 bridgehead atoms. The Labute approximate surface area is 119 Å². The third kappa shape index (κ3) is 2.61. The number of furan rings is 1. The average molecular weight is 266 g/mol. The molecular formula is C18H18O2. The molecule has 1 aromatic carbocycles. The topological polar surface area (TPSA) is 33.4 Å². The van der Waals surface area contributed by atoms with E-state index >= 15 is 0 Å². The normalized spacial score (nSPS) is 22.4. The SMILES string of the molecule is OC1(c2cocc2/C=C/c2ccccc2)C=CCCC1. The van der Waals surface area contributed by atoms with Gasteiger partial charge in [-0.2, -0.15) is 0 Å². The molecule has 0 aliphatic heterocycles. The van der Waals surface area contributed by atoms with Crippen LogP contribution in [0.15, 0.2) is 59.4 Å². The molecule has 1 aliphatic rings.